The average Bonchev–Trinajstić information content (AvgIpc) is 2.96. The van der Waals surface area contributed by atoms with E-state index in [2.05, 4.69) is 10.3 Å². The number of aromatic nitrogens is 1. The molecule has 0 spiro atoms. The Balaban J connectivity index is 0.00000288. The quantitative estimate of drug-likeness (QED) is 0.774. The number of ether oxygens (including phenoxy) is 1. The molecular formula is C17H24ClN3O2S. The minimum Gasteiger partial charge on any atom is -0.494 e. The molecule has 0 aliphatic heterocycles. The van der Waals surface area contributed by atoms with Gasteiger partial charge < -0.3 is 15.8 Å². The summed E-state index contributed by atoms with van der Waals surface area (Å²) in [4.78, 5) is 16.5. The second-order valence-electron chi connectivity index (χ2n) is 5.72. The number of hydrogen-bond donors (Lipinski definition) is 2. The summed E-state index contributed by atoms with van der Waals surface area (Å²) in [6, 6.07) is 7.23. The summed E-state index contributed by atoms with van der Waals surface area (Å²) in [7, 11) is 0. The third-order valence-corrected chi connectivity index (χ3v) is 4.02. The van der Waals surface area contributed by atoms with Crippen molar-refractivity contribution in [1.29, 1.82) is 0 Å². The number of hydrogen-bond acceptors (Lipinski definition) is 5. The summed E-state index contributed by atoms with van der Waals surface area (Å²) in [6.07, 6.45) is 0.656. The Kier molecular flexibility index (Phi) is 8.18. The average molecular weight is 370 g/mol. The number of nitrogens with two attached hydrogens (primary N) is 1. The fourth-order valence-electron chi connectivity index (χ4n) is 2.17. The molecule has 1 atom stereocenters. The van der Waals surface area contributed by atoms with Crippen LogP contribution in [0.4, 0.5) is 5.13 Å². The van der Waals surface area contributed by atoms with Gasteiger partial charge in [0.1, 0.15) is 5.75 Å². The number of thiazole rings is 1. The van der Waals surface area contributed by atoms with Crippen LogP contribution in [-0.4, -0.2) is 23.5 Å². The van der Waals surface area contributed by atoms with Gasteiger partial charge in [0.05, 0.1) is 18.3 Å². The van der Waals surface area contributed by atoms with E-state index in [1.807, 2.05) is 50.4 Å². The Morgan fingerprint density at radius 2 is 2.00 bits per heavy atom. The molecule has 3 N–H and O–H groups in total. The molecule has 0 aliphatic rings. The molecule has 0 radical (unpaired) electrons. The van der Waals surface area contributed by atoms with E-state index in [1.165, 1.54) is 11.3 Å². The molecule has 0 saturated heterocycles. The maximum atomic E-state index is 12.0. The molecule has 1 aromatic heterocycles. The molecule has 5 nitrogen and oxygen atoms in total. The number of amides is 1. The first-order valence-electron chi connectivity index (χ1n) is 7.74. The molecule has 7 heteroatoms. The molecular weight excluding hydrogens is 346 g/mol. The molecule has 1 amide bonds. The van der Waals surface area contributed by atoms with E-state index in [1.54, 1.807) is 0 Å². The summed E-state index contributed by atoms with van der Waals surface area (Å²) >= 11 is 1.39. The molecule has 0 aliphatic carbocycles. The van der Waals surface area contributed by atoms with Crippen LogP contribution in [0.5, 0.6) is 5.75 Å². The predicted octanol–water partition coefficient (Wildman–Crippen LogP) is 3.94. The summed E-state index contributed by atoms with van der Waals surface area (Å²) < 4.78 is 5.42. The number of anilines is 1. The van der Waals surface area contributed by atoms with Crippen molar-refractivity contribution in [3.05, 3.63) is 29.6 Å². The van der Waals surface area contributed by atoms with E-state index in [0.717, 1.165) is 17.0 Å². The molecule has 1 aromatic carbocycles. The van der Waals surface area contributed by atoms with Gasteiger partial charge in [0.2, 0.25) is 5.91 Å². The highest BCUT2D eigenvalue weighted by Gasteiger charge is 2.16. The zero-order chi connectivity index (χ0) is 16.8. The number of halogens is 1. The molecule has 2 aromatic rings. The Labute approximate surface area is 153 Å². The first-order valence-corrected chi connectivity index (χ1v) is 8.62. The standard InChI is InChI=1S/C17H23N3O2S.ClH/c1-4-22-13-7-5-12(6-8-13)15-10-23-17(19-15)20-16(21)14(18)9-11(2)3;/h5-8,10-11,14H,4,9,18H2,1-3H3,(H,19,20,21);1H/t14-;/m0./s1. The Morgan fingerprint density at radius 3 is 2.58 bits per heavy atom. The highest BCUT2D eigenvalue weighted by Crippen LogP contribution is 2.26. The lowest BCUT2D eigenvalue weighted by Crippen LogP contribution is -2.36. The first kappa shape index (κ1) is 20.4. The molecule has 132 valence electrons. The smallest absolute Gasteiger partial charge is 0.243 e. The predicted molar refractivity (Wildman–Crippen MR) is 102 cm³/mol. The molecule has 1 heterocycles. The maximum absolute atomic E-state index is 12.0. The van der Waals surface area contributed by atoms with Gasteiger partial charge in [-0.2, -0.15) is 0 Å². The van der Waals surface area contributed by atoms with Crippen LogP contribution >= 0.6 is 23.7 Å². The van der Waals surface area contributed by atoms with Crippen LogP contribution in [0.15, 0.2) is 29.6 Å². The van der Waals surface area contributed by atoms with E-state index < -0.39 is 6.04 Å². The minimum absolute atomic E-state index is 0. The van der Waals surface area contributed by atoms with Crippen molar-refractivity contribution in [2.75, 3.05) is 11.9 Å². The summed E-state index contributed by atoms with van der Waals surface area (Å²) in [5.41, 5.74) is 7.69. The van der Waals surface area contributed by atoms with Crippen LogP contribution in [0.3, 0.4) is 0 Å². The second kappa shape index (κ2) is 9.61. The molecule has 2 rings (SSSR count). The number of nitrogens with zero attached hydrogens (tertiary/aromatic N) is 1. The van der Waals surface area contributed by atoms with Gasteiger partial charge in [-0.3, -0.25) is 4.79 Å². The molecule has 0 bridgehead atoms. The van der Waals surface area contributed by atoms with Crippen LogP contribution in [-0.2, 0) is 4.79 Å². The highest BCUT2D eigenvalue weighted by atomic mass is 35.5. The van der Waals surface area contributed by atoms with Crippen molar-refractivity contribution >= 4 is 34.8 Å². The molecule has 0 fully saturated rings. The van der Waals surface area contributed by atoms with Gasteiger partial charge in [-0.05, 0) is 43.5 Å². The van der Waals surface area contributed by atoms with Crippen molar-refractivity contribution in [2.45, 2.75) is 33.2 Å². The van der Waals surface area contributed by atoms with Gasteiger partial charge in [0.25, 0.3) is 0 Å². The Bertz CT molecular complexity index is 644. The van der Waals surface area contributed by atoms with Crippen LogP contribution < -0.4 is 15.8 Å². The van der Waals surface area contributed by atoms with Crippen molar-refractivity contribution < 1.29 is 9.53 Å². The monoisotopic (exact) mass is 369 g/mol. The van der Waals surface area contributed by atoms with E-state index in [9.17, 15) is 4.79 Å². The topological polar surface area (TPSA) is 77.2 Å². The van der Waals surface area contributed by atoms with Crippen molar-refractivity contribution in [3.63, 3.8) is 0 Å². The lowest BCUT2D eigenvalue weighted by atomic mass is 10.0. The number of rotatable bonds is 7. The van der Waals surface area contributed by atoms with Crippen molar-refractivity contribution in [3.8, 4) is 17.0 Å². The number of carbonyl (C=O) groups excluding carboxylic acids is 1. The normalized spacial score (nSPS) is 11.7. The largest absolute Gasteiger partial charge is 0.494 e. The third kappa shape index (κ3) is 5.78. The minimum atomic E-state index is -0.507. The third-order valence-electron chi connectivity index (χ3n) is 3.26. The van der Waals surface area contributed by atoms with E-state index in [4.69, 9.17) is 10.5 Å². The molecule has 24 heavy (non-hydrogen) atoms. The number of benzene rings is 1. The fourth-order valence-corrected chi connectivity index (χ4v) is 2.89. The maximum Gasteiger partial charge on any atom is 0.243 e. The highest BCUT2D eigenvalue weighted by molar-refractivity contribution is 7.14. The number of nitrogens with one attached hydrogen (secondary N) is 1. The van der Waals surface area contributed by atoms with Gasteiger partial charge in [0, 0.05) is 10.9 Å². The van der Waals surface area contributed by atoms with Crippen LogP contribution in [0.2, 0.25) is 0 Å². The van der Waals surface area contributed by atoms with Gasteiger partial charge in [-0.1, -0.05) is 13.8 Å². The molecule has 0 saturated carbocycles. The Morgan fingerprint density at radius 1 is 1.33 bits per heavy atom. The zero-order valence-corrected chi connectivity index (χ0v) is 15.7. The molecule has 0 unspecified atom stereocenters. The van der Waals surface area contributed by atoms with E-state index in [-0.39, 0.29) is 18.3 Å². The van der Waals surface area contributed by atoms with Crippen molar-refractivity contribution in [2.24, 2.45) is 11.7 Å². The summed E-state index contributed by atoms with van der Waals surface area (Å²) in [6.45, 7) is 6.68. The SMILES string of the molecule is CCOc1ccc(-c2csc(NC(=O)[C@@H](N)CC(C)C)n2)cc1.Cl. The van der Waals surface area contributed by atoms with Crippen molar-refractivity contribution in [1.82, 2.24) is 4.98 Å². The lowest BCUT2D eigenvalue weighted by molar-refractivity contribution is -0.117. The van der Waals surface area contributed by atoms with Gasteiger partial charge in [-0.15, -0.1) is 23.7 Å². The lowest BCUT2D eigenvalue weighted by Gasteiger charge is -2.12. The van der Waals surface area contributed by atoms with E-state index >= 15 is 0 Å². The first-order chi connectivity index (χ1) is 11.0. The zero-order valence-electron chi connectivity index (χ0n) is 14.1. The second-order valence-corrected chi connectivity index (χ2v) is 6.58. The van der Waals surface area contributed by atoms with Crippen LogP contribution in [0.25, 0.3) is 11.3 Å². The van der Waals surface area contributed by atoms with Crippen LogP contribution in [0.1, 0.15) is 27.2 Å². The Hall–Kier alpha value is -1.63. The fraction of sp³-hybridized carbons (Fsp3) is 0.412. The van der Waals surface area contributed by atoms with Gasteiger partial charge in [0.15, 0.2) is 5.13 Å². The van der Waals surface area contributed by atoms with Gasteiger partial charge in [-0.25, -0.2) is 4.98 Å². The van der Waals surface area contributed by atoms with E-state index in [0.29, 0.717) is 24.1 Å². The van der Waals surface area contributed by atoms with Crippen LogP contribution in [0, 0.1) is 5.92 Å². The number of carbonyl (C=O) groups is 1. The summed E-state index contributed by atoms with van der Waals surface area (Å²) in [5.74, 6) is 1.03. The summed E-state index contributed by atoms with van der Waals surface area (Å²) in [5, 5.41) is 5.27. The van der Waals surface area contributed by atoms with Gasteiger partial charge >= 0.3 is 0 Å².